The lowest BCUT2D eigenvalue weighted by Gasteiger charge is -2.21. The van der Waals surface area contributed by atoms with E-state index in [2.05, 4.69) is 10.3 Å². The van der Waals surface area contributed by atoms with Gasteiger partial charge < -0.3 is 10.1 Å². The van der Waals surface area contributed by atoms with Crippen molar-refractivity contribution in [1.29, 1.82) is 0 Å². The van der Waals surface area contributed by atoms with Gasteiger partial charge in [-0.2, -0.15) is 0 Å². The van der Waals surface area contributed by atoms with Gasteiger partial charge in [-0.1, -0.05) is 36.0 Å². The number of halogens is 2. The molecular weight excluding hydrogens is 421 g/mol. The number of nitrogens with one attached hydrogen (secondary N) is 1. The van der Waals surface area contributed by atoms with Gasteiger partial charge in [0, 0.05) is 0 Å². The predicted molar refractivity (Wildman–Crippen MR) is 105 cm³/mol. The van der Waals surface area contributed by atoms with Gasteiger partial charge in [-0.05, 0) is 32.8 Å². The Hall–Kier alpha value is -2.19. The maximum absolute atomic E-state index is 12.6. The molecule has 156 valence electrons. The second kappa shape index (κ2) is 8.67. The van der Waals surface area contributed by atoms with Gasteiger partial charge in [0.1, 0.15) is 6.04 Å². The van der Waals surface area contributed by atoms with Crippen LogP contribution in [0.1, 0.15) is 38.3 Å². The first-order valence-electron chi connectivity index (χ1n) is 9.36. The minimum atomic E-state index is -1.09. The smallest absolute Gasteiger partial charge is 0.329 e. The number of carbonyl (C=O) groups excluding carboxylic acids is 4. The zero-order valence-electron chi connectivity index (χ0n) is 16.0. The van der Waals surface area contributed by atoms with Crippen molar-refractivity contribution < 1.29 is 23.9 Å². The number of aryl methyl sites for hydroxylation is 1. The van der Waals surface area contributed by atoms with Crippen LogP contribution in [-0.2, 0) is 23.9 Å². The lowest BCUT2D eigenvalue weighted by atomic mass is 9.81. The number of likely N-dealkylation sites (tertiary alicyclic amines) is 1. The summed E-state index contributed by atoms with van der Waals surface area (Å²) in [7, 11) is 0. The Kier molecular flexibility index (Phi) is 6.43. The van der Waals surface area contributed by atoms with Crippen molar-refractivity contribution in [1.82, 2.24) is 9.88 Å². The van der Waals surface area contributed by atoms with Crippen molar-refractivity contribution in [2.24, 2.45) is 11.8 Å². The summed E-state index contributed by atoms with van der Waals surface area (Å²) in [5.41, 5.74) is 0.476. The lowest BCUT2D eigenvalue weighted by Crippen LogP contribution is -2.45. The number of aromatic nitrogens is 1. The van der Waals surface area contributed by atoms with Crippen molar-refractivity contribution >= 4 is 52.7 Å². The van der Waals surface area contributed by atoms with Gasteiger partial charge in [-0.15, -0.1) is 0 Å². The predicted octanol–water partition coefficient (Wildman–Crippen LogP) is 2.74. The Labute approximate surface area is 177 Å². The Morgan fingerprint density at radius 2 is 1.79 bits per heavy atom. The third-order valence-electron chi connectivity index (χ3n) is 5.31. The maximum atomic E-state index is 12.6. The van der Waals surface area contributed by atoms with Crippen LogP contribution in [0.5, 0.6) is 0 Å². The number of pyridine rings is 1. The van der Waals surface area contributed by atoms with Gasteiger partial charge in [0.15, 0.2) is 12.4 Å². The molecule has 0 spiro atoms. The molecule has 0 bridgehead atoms. The molecule has 1 aliphatic heterocycles. The quantitative estimate of drug-likeness (QED) is 0.556. The van der Waals surface area contributed by atoms with Gasteiger partial charge >= 0.3 is 5.97 Å². The summed E-state index contributed by atoms with van der Waals surface area (Å²) >= 11 is 11.9. The van der Waals surface area contributed by atoms with E-state index in [0.29, 0.717) is 23.6 Å². The van der Waals surface area contributed by atoms with Crippen LogP contribution in [0.15, 0.2) is 6.07 Å². The molecule has 1 saturated carbocycles. The van der Waals surface area contributed by atoms with Crippen LogP contribution in [0.25, 0.3) is 0 Å². The molecule has 2 heterocycles. The first-order valence-corrected chi connectivity index (χ1v) is 10.1. The average Bonchev–Trinajstić information content (AvgIpc) is 2.94. The zero-order valence-corrected chi connectivity index (χ0v) is 17.5. The molecule has 3 unspecified atom stereocenters. The second-order valence-electron chi connectivity index (χ2n) is 7.26. The van der Waals surface area contributed by atoms with Crippen LogP contribution in [0, 0.1) is 18.8 Å². The van der Waals surface area contributed by atoms with E-state index < -0.39 is 24.5 Å². The number of fused-ring (bicyclic) bond motifs is 1. The molecule has 3 rings (SSSR count). The van der Waals surface area contributed by atoms with Crippen molar-refractivity contribution in [3.8, 4) is 0 Å². The minimum absolute atomic E-state index is 0.0941. The van der Waals surface area contributed by atoms with E-state index >= 15 is 0 Å². The molecule has 1 N–H and O–H groups in total. The number of ether oxygens (including phenoxy) is 1. The van der Waals surface area contributed by atoms with Crippen LogP contribution in [0.2, 0.25) is 10.0 Å². The SMILES string of the molecule is Cc1nc(NC(=O)COC(=O)C(C)N2C(=O)C3CCCCC3C2=O)c(Cl)cc1Cl. The number of anilines is 1. The molecule has 3 atom stereocenters. The number of carbonyl (C=O) groups is 4. The first kappa shape index (κ1) is 21.5. The summed E-state index contributed by atoms with van der Waals surface area (Å²) in [6, 6.07) is 0.354. The highest BCUT2D eigenvalue weighted by Crippen LogP contribution is 2.38. The molecule has 2 aliphatic rings. The van der Waals surface area contributed by atoms with Gasteiger partial charge in [0.2, 0.25) is 11.8 Å². The number of nitrogens with zero attached hydrogens (tertiary/aromatic N) is 2. The third kappa shape index (κ3) is 4.38. The number of hydrogen-bond acceptors (Lipinski definition) is 6. The summed E-state index contributed by atoms with van der Waals surface area (Å²) in [4.78, 5) is 54.6. The maximum Gasteiger partial charge on any atom is 0.329 e. The van der Waals surface area contributed by atoms with E-state index in [1.807, 2.05) is 0 Å². The standard InChI is InChI=1S/C19H21Cl2N3O5/c1-9-13(20)7-14(21)16(22-9)23-15(25)8-29-19(28)10(2)24-17(26)11-5-3-4-6-12(11)18(24)27/h7,10-12H,3-6,8H2,1-2H3,(H,22,23,25). The van der Waals surface area contributed by atoms with Crippen LogP contribution < -0.4 is 5.32 Å². The number of rotatable bonds is 5. The number of amides is 3. The van der Waals surface area contributed by atoms with Gasteiger partial charge in [-0.3, -0.25) is 19.3 Å². The highest BCUT2D eigenvalue weighted by molar-refractivity contribution is 6.36. The molecule has 1 aliphatic carbocycles. The summed E-state index contributed by atoms with van der Waals surface area (Å²) in [5, 5.41) is 2.93. The average molecular weight is 442 g/mol. The Balaban J connectivity index is 1.57. The normalized spacial score (nSPS) is 22.3. The zero-order chi connectivity index (χ0) is 21.3. The van der Waals surface area contributed by atoms with Crippen molar-refractivity contribution in [3.05, 3.63) is 21.8 Å². The van der Waals surface area contributed by atoms with Crippen LogP contribution in [0.3, 0.4) is 0 Å². The number of imide groups is 1. The van der Waals surface area contributed by atoms with Crippen LogP contribution >= 0.6 is 23.2 Å². The molecule has 0 radical (unpaired) electrons. The lowest BCUT2D eigenvalue weighted by molar-refractivity contribution is -0.159. The summed E-state index contributed by atoms with van der Waals surface area (Å²) in [6.45, 7) is 2.47. The molecule has 29 heavy (non-hydrogen) atoms. The summed E-state index contributed by atoms with van der Waals surface area (Å²) in [6.07, 6.45) is 3.11. The van der Waals surface area contributed by atoms with Crippen LogP contribution in [0.4, 0.5) is 5.82 Å². The van der Waals surface area contributed by atoms with Crippen molar-refractivity contribution in [3.63, 3.8) is 0 Å². The summed E-state index contributed by atoms with van der Waals surface area (Å²) < 4.78 is 5.00. The minimum Gasteiger partial charge on any atom is -0.454 e. The van der Waals surface area contributed by atoms with Crippen LogP contribution in [-0.4, -0.2) is 46.2 Å². The second-order valence-corrected chi connectivity index (χ2v) is 8.08. The first-order chi connectivity index (χ1) is 13.7. The molecule has 2 fully saturated rings. The van der Waals surface area contributed by atoms with E-state index in [1.54, 1.807) is 6.92 Å². The van der Waals surface area contributed by atoms with Crippen molar-refractivity contribution in [2.45, 2.75) is 45.6 Å². The van der Waals surface area contributed by atoms with Gasteiger partial charge in [-0.25, -0.2) is 9.78 Å². The molecule has 8 nitrogen and oxygen atoms in total. The molecule has 10 heteroatoms. The Morgan fingerprint density at radius 3 is 2.38 bits per heavy atom. The van der Waals surface area contributed by atoms with E-state index in [-0.39, 0.29) is 34.5 Å². The van der Waals surface area contributed by atoms with E-state index in [1.165, 1.54) is 13.0 Å². The molecule has 0 aromatic carbocycles. The molecular formula is C19H21Cl2N3O5. The number of esters is 1. The monoisotopic (exact) mass is 441 g/mol. The number of hydrogen-bond donors (Lipinski definition) is 1. The summed E-state index contributed by atoms with van der Waals surface area (Å²) in [5.74, 6) is -2.76. The fourth-order valence-electron chi connectivity index (χ4n) is 3.75. The van der Waals surface area contributed by atoms with E-state index in [0.717, 1.165) is 17.7 Å². The highest BCUT2D eigenvalue weighted by atomic mass is 35.5. The van der Waals surface area contributed by atoms with E-state index in [9.17, 15) is 19.2 Å². The fourth-order valence-corrected chi connectivity index (χ4v) is 4.15. The van der Waals surface area contributed by atoms with Crippen molar-refractivity contribution in [2.75, 3.05) is 11.9 Å². The molecule has 1 aromatic rings. The topological polar surface area (TPSA) is 106 Å². The fraction of sp³-hybridized carbons (Fsp3) is 0.526. The largest absolute Gasteiger partial charge is 0.454 e. The Bertz CT molecular complexity index is 852. The molecule has 1 aromatic heterocycles. The highest BCUT2D eigenvalue weighted by Gasteiger charge is 2.51. The molecule has 1 saturated heterocycles. The van der Waals surface area contributed by atoms with Gasteiger partial charge in [0.05, 0.1) is 27.6 Å². The van der Waals surface area contributed by atoms with Gasteiger partial charge in [0.25, 0.3) is 5.91 Å². The third-order valence-corrected chi connectivity index (χ3v) is 5.98. The van der Waals surface area contributed by atoms with E-state index in [4.69, 9.17) is 27.9 Å². The molecule has 3 amide bonds. The Morgan fingerprint density at radius 1 is 1.21 bits per heavy atom.